The molecule has 34 heavy (non-hydrogen) atoms. The summed E-state index contributed by atoms with van der Waals surface area (Å²) in [4.78, 5) is 6.70. The number of hydrogen-bond acceptors (Lipinski definition) is 5. The van der Waals surface area contributed by atoms with Crippen LogP contribution in [0, 0.1) is 0 Å². The van der Waals surface area contributed by atoms with E-state index in [9.17, 15) is 0 Å². The molecule has 0 bridgehead atoms. The predicted molar refractivity (Wildman–Crippen MR) is 138 cm³/mol. The zero-order valence-electron chi connectivity index (χ0n) is 18.4. The van der Waals surface area contributed by atoms with Crippen LogP contribution in [0.25, 0.3) is 5.70 Å². The van der Waals surface area contributed by atoms with Gasteiger partial charge >= 0.3 is 0 Å². The number of benzene rings is 3. The Labute approximate surface area is 214 Å². The molecule has 0 fully saturated rings. The third-order valence-corrected chi connectivity index (χ3v) is 7.39. The molecule has 0 saturated heterocycles. The SMILES string of the molecule is COc1cccc2c1C1=C([C@@H](c3ccc(Br)cc3)O2)[C@@H](c2ccc(Br)cc2)n2ncnc2N1C. The number of nitrogens with zero attached hydrogens (tertiary/aromatic N) is 4. The molecule has 2 atom stereocenters. The van der Waals surface area contributed by atoms with E-state index in [0.717, 1.165) is 54.4 Å². The first-order valence-corrected chi connectivity index (χ1v) is 12.4. The van der Waals surface area contributed by atoms with Crippen LogP contribution in [-0.4, -0.2) is 28.9 Å². The lowest BCUT2D eigenvalue weighted by molar-refractivity contribution is 0.220. The van der Waals surface area contributed by atoms with Crippen molar-refractivity contribution in [2.45, 2.75) is 12.1 Å². The van der Waals surface area contributed by atoms with Crippen molar-refractivity contribution >= 4 is 43.5 Å². The molecule has 8 heteroatoms. The van der Waals surface area contributed by atoms with Crippen LogP contribution in [0.5, 0.6) is 11.5 Å². The highest BCUT2D eigenvalue weighted by Crippen LogP contribution is 2.54. The van der Waals surface area contributed by atoms with Gasteiger partial charge in [0.15, 0.2) is 0 Å². The van der Waals surface area contributed by atoms with Gasteiger partial charge in [-0.05, 0) is 47.5 Å². The van der Waals surface area contributed by atoms with Crippen LogP contribution in [0.4, 0.5) is 5.95 Å². The summed E-state index contributed by atoms with van der Waals surface area (Å²) in [6, 6.07) is 22.3. The van der Waals surface area contributed by atoms with Gasteiger partial charge in [-0.25, -0.2) is 4.68 Å². The van der Waals surface area contributed by atoms with Crippen molar-refractivity contribution in [1.82, 2.24) is 14.8 Å². The maximum atomic E-state index is 6.73. The average molecular weight is 580 g/mol. The molecule has 0 aliphatic carbocycles. The van der Waals surface area contributed by atoms with Gasteiger partial charge in [-0.3, -0.25) is 0 Å². The smallest absolute Gasteiger partial charge is 0.229 e. The van der Waals surface area contributed by atoms with Gasteiger partial charge in [-0.2, -0.15) is 10.1 Å². The molecule has 6 nitrogen and oxygen atoms in total. The monoisotopic (exact) mass is 578 g/mol. The van der Waals surface area contributed by atoms with Crippen LogP contribution in [-0.2, 0) is 0 Å². The summed E-state index contributed by atoms with van der Waals surface area (Å²) in [6.45, 7) is 0. The highest BCUT2D eigenvalue weighted by Gasteiger charge is 2.44. The third-order valence-electron chi connectivity index (χ3n) is 6.33. The molecule has 3 aromatic carbocycles. The van der Waals surface area contributed by atoms with Gasteiger partial charge in [-0.1, -0.05) is 62.2 Å². The van der Waals surface area contributed by atoms with Crippen LogP contribution >= 0.6 is 31.9 Å². The second kappa shape index (κ2) is 8.29. The standard InChI is InChI=1S/C26H20Br2N4O2/c1-31-24-21-19(33-2)4-3-5-20(21)34-25(16-8-12-18(28)13-9-16)22(24)23(32-26(31)29-14-30-32)15-6-10-17(27)11-7-15/h3-14,23,25H,1-2H3/t23-,25-/m1/s1. The van der Waals surface area contributed by atoms with E-state index < -0.39 is 0 Å². The lowest BCUT2D eigenvalue weighted by Gasteiger charge is -2.42. The Morgan fingerprint density at radius 3 is 2.26 bits per heavy atom. The normalized spacial score (nSPS) is 18.6. The number of methoxy groups -OCH3 is 1. The molecular weight excluding hydrogens is 560 g/mol. The Kier molecular flexibility index (Phi) is 5.22. The largest absolute Gasteiger partial charge is 0.496 e. The minimum absolute atomic E-state index is 0.205. The molecule has 2 aliphatic rings. The number of halogens is 2. The Hall–Kier alpha value is -3.10. The topological polar surface area (TPSA) is 52.4 Å². The van der Waals surface area contributed by atoms with Crippen LogP contribution in [0.3, 0.4) is 0 Å². The third kappa shape index (κ3) is 3.27. The van der Waals surface area contributed by atoms with Gasteiger partial charge in [0.1, 0.15) is 30.0 Å². The zero-order valence-corrected chi connectivity index (χ0v) is 21.6. The Morgan fingerprint density at radius 1 is 0.912 bits per heavy atom. The summed E-state index contributed by atoms with van der Waals surface area (Å²) in [5, 5.41) is 4.64. The van der Waals surface area contributed by atoms with E-state index in [2.05, 4.69) is 83.2 Å². The second-order valence-corrected chi connectivity index (χ2v) is 10.0. The Balaban J connectivity index is 1.68. The number of hydrogen-bond donors (Lipinski definition) is 0. The zero-order chi connectivity index (χ0) is 23.4. The van der Waals surface area contributed by atoms with Gasteiger partial charge in [0.2, 0.25) is 5.95 Å². The van der Waals surface area contributed by atoms with E-state index in [1.807, 2.05) is 42.1 Å². The number of aromatic nitrogens is 3. The summed E-state index contributed by atoms with van der Waals surface area (Å²) in [5.41, 5.74) is 5.19. The van der Waals surface area contributed by atoms with Crippen molar-refractivity contribution in [2.24, 2.45) is 0 Å². The Bertz CT molecular complexity index is 1410. The lowest BCUT2D eigenvalue weighted by Crippen LogP contribution is -2.37. The fourth-order valence-electron chi connectivity index (χ4n) is 4.85. The van der Waals surface area contributed by atoms with E-state index in [0.29, 0.717) is 0 Å². The molecule has 170 valence electrons. The minimum Gasteiger partial charge on any atom is -0.496 e. The number of rotatable bonds is 3. The molecule has 2 aliphatic heterocycles. The average Bonchev–Trinajstić information content (AvgIpc) is 3.35. The summed E-state index contributed by atoms with van der Waals surface area (Å²) in [7, 11) is 3.71. The summed E-state index contributed by atoms with van der Waals surface area (Å²) >= 11 is 7.13. The van der Waals surface area contributed by atoms with E-state index in [-0.39, 0.29) is 12.1 Å². The lowest BCUT2D eigenvalue weighted by atomic mass is 9.84. The second-order valence-electron chi connectivity index (χ2n) is 8.20. The van der Waals surface area contributed by atoms with Crippen molar-refractivity contribution < 1.29 is 9.47 Å². The van der Waals surface area contributed by atoms with Gasteiger partial charge in [0.05, 0.1) is 18.4 Å². The summed E-state index contributed by atoms with van der Waals surface area (Å²) < 4.78 is 16.5. The molecule has 1 aromatic heterocycles. The molecule has 0 N–H and O–H groups in total. The van der Waals surface area contributed by atoms with Crippen molar-refractivity contribution in [3.63, 3.8) is 0 Å². The first-order valence-electron chi connectivity index (χ1n) is 10.8. The highest BCUT2D eigenvalue weighted by molar-refractivity contribution is 9.10. The van der Waals surface area contributed by atoms with Crippen molar-refractivity contribution in [3.05, 3.63) is 104 Å². The fraction of sp³-hybridized carbons (Fsp3) is 0.154. The van der Waals surface area contributed by atoms with Crippen LogP contribution < -0.4 is 14.4 Å². The number of fused-ring (bicyclic) bond motifs is 3. The molecule has 0 radical (unpaired) electrons. The molecule has 0 saturated carbocycles. The highest BCUT2D eigenvalue weighted by atomic mass is 79.9. The number of ether oxygens (including phenoxy) is 2. The van der Waals surface area contributed by atoms with Gasteiger partial charge in [0.25, 0.3) is 0 Å². The number of anilines is 1. The quantitative estimate of drug-likeness (QED) is 0.281. The van der Waals surface area contributed by atoms with Gasteiger partial charge < -0.3 is 14.4 Å². The molecule has 0 unspecified atom stereocenters. The van der Waals surface area contributed by atoms with E-state index in [4.69, 9.17) is 9.47 Å². The molecule has 0 spiro atoms. The van der Waals surface area contributed by atoms with Crippen LogP contribution in [0.15, 0.2) is 87.6 Å². The minimum atomic E-state index is -0.323. The van der Waals surface area contributed by atoms with Gasteiger partial charge in [0, 0.05) is 21.6 Å². The van der Waals surface area contributed by atoms with Crippen molar-refractivity contribution in [2.75, 3.05) is 19.1 Å². The summed E-state index contributed by atoms with van der Waals surface area (Å²) in [6.07, 6.45) is 1.28. The molecule has 6 rings (SSSR count). The fourth-order valence-corrected chi connectivity index (χ4v) is 5.38. The summed E-state index contributed by atoms with van der Waals surface area (Å²) in [5.74, 6) is 2.30. The predicted octanol–water partition coefficient (Wildman–Crippen LogP) is 6.40. The van der Waals surface area contributed by atoms with E-state index >= 15 is 0 Å². The molecule has 3 heterocycles. The van der Waals surface area contributed by atoms with Crippen molar-refractivity contribution in [1.29, 1.82) is 0 Å². The van der Waals surface area contributed by atoms with Gasteiger partial charge in [-0.15, -0.1) is 0 Å². The first-order chi connectivity index (χ1) is 16.6. The first kappa shape index (κ1) is 21.4. The van der Waals surface area contributed by atoms with E-state index in [1.54, 1.807) is 13.4 Å². The van der Waals surface area contributed by atoms with Crippen molar-refractivity contribution in [3.8, 4) is 11.5 Å². The molecule has 0 amide bonds. The van der Waals surface area contributed by atoms with Crippen LogP contribution in [0.2, 0.25) is 0 Å². The maximum absolute atomic E-state index is 6.73. The molecule has 4 aromatic rings. The Morgan fingerprint density at radius 2 is 1.59 bits per heavy atom. The maximum Gasteiger partial charge on any atom is 0.229 e. The van der Waals surface area contributed by atoms with E-state index in [1.165, 1.54) is 0 Å². The molecular formula is C26H20Br2N4O2. The van der Waals surface area contributed by atoms with Crippen LogP contribution in [0.1, 0.15) is 28.8 Å².